The predicted molar refractivity (Wildman–Crippen MR) is 76.7 cm³/mol. The van der Waals surface area contributed by atoms with Crippen LogP contribution in [0.2, 0.25) is 0 Å². The minimum atomic E-state index is -0.497. The summed E-state index contributed by atoms with van der Waals surface area (Å²) in [5.41, 5.74) is 7.80. The third-order valence-electron chi connectivity index (χ3n) is 2.72. The van der Waals surface area contributed by atoms with Gasteiger partial charge < -0.3 is 11.1 Å². The summed E-state index contributed by atoms with van der Waals surface area (Å²) < 4.78 is 0. The lowest BCUT2D eigenvalue weighted by molar-refractivity contribution is -0.119. The molecular formula is C11H16N6OS. The minimum absolute atomic E-state index is 0.0513. The normalized spacial score (nSPS) is 12.6. The molecule has 2 rings (SSSR count). The summed E-state index contributed by atoms with van der Waals surface area (Å²) in [6.07, 6.45) is 0. The van der Waals surface area contributed by atoms with E-state index >= 15 is 0 Å². The maximum atomic E-state index is 11.5. The van der Waals surface area contributed by atoms with Crippen LogP contribution in [0.1, 0.15) is 13.8 Å². The first-order valence-corrected chi connectivity index (χ1v) is 6.68. The first-order chi connectivity index (χ1) is 9.02. The number of primary amides is 1. The third kappa shape index (κ3) is 2.74. The van der Waals surface area contributed by atoms with Crippen molar-refractivity contribution in [3.63, 3.8) is 0 Å². The van der Waals surface area contributed by atoms with Gasteiger partial charge in [0.1, 0.15) is 16.7 Å². The lowest BCUT2D eigenvalue weighted by Crippen LogP contribution is -2.39. The number of fused-ring (bicyclic) bond motifs is 1. The Balaban J connectivity index is 2.43. The fraction of sp³-hybridized carbons (Fsp3) is 0.364. The van der Waals surface area contributed by atoms with E-state index in [-0.39, 0.29) is 5.92 Å². The first kappa shape index (κ1) is 13.5. The van der Waals surface area contributed by atoms with Crippen LogP contribution < -0.4 is 22.3 Å². The molecule has 0 aromatic carbocycles. The molecule has 2 aromatic heterocycles. The maximum Gasteiger partial charge on any atom is 0.240 e. The number of thiophene rings is 1. The van der Waals surface area contributed by atoms with Gasteiger partial charge in [0.2, 0.25) is 11.9 Å². The maximum absolute atomic E-state index is 11.5. The number of carbonyl (C=O) groups excluding carboxylic acids is 1. The van der Waals surface area contributed by atoms with E-state index in [0.717, 1.165) is 10.2 Å². The standard InChI is InChI=1S/C11H16N6OS/c1-5(2)7(8(12)18)14-9-6-3-4-19-10(6)16-11(15-9)17-13/h3-5,7H,13H2,1-2H3,(H2,12,18)(H2,14,15,16,17). The molecule has 7 nitrogen and oxygen atoms in total. The summed E-state index contributed by atoms with van der Waals surface area (Å²) in [6.45, 7) is 3.83. The highest BCUT2D eigenvalue weighted by atomic mass is 32.1. The highest BCUT2D eigenvalue weighted by Crippen LogP contribution is 2.27. The largest absolute Gasteiger partial charge is 0.368 e. The van der Waals surface area contributed by atoms with Crippen molar-refractivity contribution in [2.24, 2.45) is 17.5 Å². The van der Waals surface area contributed by atoms with Gasteiger partial charge in [-0.25, -0.2) is 10.8 Å². The van der Waals surface area contributed by atoms with Gasteiger partial charge in [-0.05, 0) is 17.4 Å². The number of hydrogen-bond donors (Lipinski definition) is 4. The Morgan fingerprint density at radius 2 is 2.16 bits per heavy atom. The van der Waals surface area contributed by atoms with Crippen LogP contribution in [0.3, 0.4) is 0 Å². The molecule has 0 aliphatic heterocycles. The highest BCUT2D eigenvalue weighted by molar-refractivity contribution is 7.16. The van der Waals surface area contributed by atoms with Crippen molar-refractivity contribution in [3.05, 3.63) is 11.4 Å². The Hall–Kier alpha value is -1.93. The molecule has 102 valence electrons. The van der Waals surface area contributed by atoms with Crippen LogP contribution in [-0.4, -0.2) is 21.9 Å². The van der Waals surface area contributed by atoms with Gasteiger partial charge in [0.15, 0.2) is 0 Å². The van der Waals surface area contributed by atoms with Crippen molar-refractivity contribution in [2.45, 2.75) is 19.9 Å². The predicted octanol–water partition coefficient (Wildman–Crippen LogP) is 0.899. The van der Waals surface area contributed by atoms with E-state index in [9.17, 15) is 4.79 Å². The Morgan fingerprint density at radius 3 is 2.74 bits per heavy atom. The van der Waals surface area contributed by atoms with Gasteiger partial charge in [0.05, 0.1) is 5.39 Å². The molecule has 1 atom stereocenters. The Labute approximate surface area is 114 Å². The van der Waals surface area contributed by atoms with Crippen molar-refractivity contribution in [1.29, 1.82) is 0 Å². The number of rotatable bonds is 5. The van der Waals surface area contributed by atoms with E-state index < -0.39 is 11.9 Å². The molecule has 8 heteroatoms. The molecule has 0 radical (unpaired) electrons. The molecule has 0 fully saturated rings. The quantitative estimate of drug-likeness (QED) is 0.477. The second-order valence-corrected chi connectivity index (χ2v) is 5.34. The van der Waals surface area contributed by atoms with Gasteiger partial charge in [0, 0.05) is 0 Å². The van der Waals surface area contributed by atoms with Crippen LogP contribution in [0.25, 0.3) is 10.2 Å². The minimum Gasteiger partial charge on any atom is -0.368 e. The fourth-order valence-electron chi connectivity index (χ4n) is 1.74. The summed E-state index contributed by atoms with van der Waals surface area (Å²) in [5.74, 6) is 5.82. The second-order valence-electron chi connectivity index (χ2n) is 4.45. The van der Waals surface area contributed by atoms with Crippen LogP contribution in [0.15, 0.2) is 11.4 Å². The van der Waals surface area contributed by atoms with E-state index in [1.807, 2.05) is 25.3 Å². The number of aromatic nitrogens is 2. The topological polar surface area (TPSA) is 119 Å². The van der Waals surface area contributed by atoms with Gasteiger partial charge in [-0.1, -0.05) is 13.8 Å². The van der Waals surface area contributed by atoms with Gasteiger partial charge in [-0.15, -0.1) is 11.3 Å². The summed E-state index contributed by atoms with van der Waals surface area (Å²) in [4.78, 5) is 20.7. The monoisotopic (exact) mass is 280 g/mol. The molecule has 2 aromatic rings. The van der Waals surface area contributed by atoms with Crippen LogP contribution >= 0.6 is 11.3 Å². The van der Waals surface area contributed by atoms with Crippen LogP contribution in [0.4, 0.5) is 11.8 Å². The smallest absolute Gasteiger partial charge is 0.240 e. The molecule has 1 unspecified atom stereocenters. The average molecular weight is 280 g/mol. The SMILES string of the molecule is CC(C)C(Nc1nc(NN)nc2sccc12)C(N)=O. The summed E-state index contributed by atoms with van der Waals surface area (Å²) in [6, 6.07) is 1.39. The van der Waals surface area contributed by atoms with Crippen molar-refractivity contribution < 1.29 is 4.79 Å². The van der Waals surface area contributed by atoms with Crippen LogP contribution in [0.5, 0.6) is 0 Å². The summed E-state index contributed by atoms with van der Waals surface area (Å²) in [7, 11) is 0. The molecule has 0 saturated carbocycles. The number of anilines is 2. The fourth-order valence-corrected chi connectivity index (χ4v) is 2.51. The summed E-state index contributed by atoms with van der Waals surface area (Å²) in [5, 5.41) is 5.81. The van der Waals surface area contributed by atoms with Gasteiger partial charge in [-0.2, -0.15) is 4.98 Å². The number of nitrogens with two attached hydrogens (primary N) is 2. The molecule has 0 bridgehead atoms. The molecular weight excluding hydrogens is 264 g/mol. The number of nitrogens with one attached hydrogen (secondary N) is 2. The molecule has 1 amide bonds. The Kier molecular flexibility index (Phi) is 3.82. The second kappa shape index (κ2) is 5.37. The molecule has 0 aliphatic rings. The van der Waals surface area contributed by atoms with E-state index in [4.69, 9.17) is 11.6 Å². The highest BCUT2D eigenvalue weighted by Gasteiger charge is 2.21. The number of amides is 1. The zero-order valence-electron chi connectivity index (χ0n) is 10.7. The molecule has 2 heterocycles. The lowest BCUT2D eigenvalue weighted by Gasteiger charge is -2.20. The first-order valence-electron chi connectivity index (χ1n) is 5.80. The van der Waals surface area contributed by atoms with Crippen molar-refractivity contribution in [3.8, 4) is 0 Å². The lowest BCUT2D eigenvalue weighted by atomic mass is 10.0. The van der Waals surface area contributed by atoms with Crippen LogP contribution in [0, 0.1) is 5.92 Å². The molecule has 0 saturated heterocycles. The third-order valence-corrected chi connectivity index (χ3v) is 3.53. The number of nitrogens with zero attached hydrogens (tertiary/aromatic N) is 2. The van der Waals surface area contributed by atoms with Gasteiger partial charge >= 0.3 is 0 Å². The molecule has 19 heavy (non-hydrogen) atoms. The van der Waals surface area contributed by atoms with E-state index in [1.165, 1.54) is 11.3 Å². The van der Waals surface area contributed by atoms with E-state index in [0.29, 0.717) is 11.8 Å². The zero-order valence-corrected chi connectivity index (χ0v) is 11.5. The number of hydrogen-bond acceptors (Lipinski definition) is 7. The zero-order chi connectivity index (χ0) is 14.0. The average Bonchev–Trinajstić information content (AvgIpc) is 2.82. The van der Waals surface area contributed by atoms with Crippen LogP contribution in [-0.2, 0) is 4.79 Å². The van der Waals surface area contributed by atoms with E-state index in [2.05, 4.69) is 20.7 Å². The van der Waals surface area contributed by atoms with Crippen molar-refractivity contribution in [1.82, 2.24) is 9.97 Å². The van der Waals surface area contributed by atoms with Crippen molar-refractivity contribution >= 4 is 39.2 Å². The van der Waals surface area contributed by atoms with Gasteiger partial charge in [-0.3, -0.25) is 10.2 Å². The van der Waals surface area contributed by atoms with Crippen molar-refractivity contribution in [2.75, 3.05) is 10.7 Å². The molecule has 6 N–H and O–H groups in total. The summed E-state index contributed by atoms with van der Waals surface area (Å²) >= 11 is 1.47. The molecule has 0 spiro atoms. The van der Waals surface area contributed by atoms with Gasteiger partial charge in [0.25, 0.3) is 0 Å². The Morgan fingerprint density at radius 1 is 1.42 bits per heavy atom. The Bertz CT molecular complexity index is 596. The molecule has 0 aliphatic carbocycles. The number of carbonyl (C=O) groups is 1. The number of nitrogen functional groups attached to an aromatic ring is 1. The van der Waals surface area contributed by atoms with E-state index in [1.54, 1.807) is 0 Å². The number of hydrazine groups is 1.